The van der Waals surface area contributed by atoms with Crippen LogP contribution in [0.4, 0.5) is 4.39 Å². The van der Waals surface area contributed by atoms with Crippen molar-refractivity contribution in [3.8, 4) is 0 Å². The number of aromatic nitrogens is 1. The van der Waals surface area contributed by atoms with Crippen LogP contribution in [0.3, 0.4) is 0 Å². The van der Waals surface area contributed by atoms with Crippen molar-refractivity contribution in [1.29, 1.82) is 0 Å². The Hall–Kier alpha value is -2.78. The number of hydrogen-bond acceptors (Lipinski definition) is 5. The lowest BCUT2D eigenvalue weighted by Gasteiger charge is -2.19. The summed E-state index contributed by atoms with van der Waals surface area (Å²) >= 11 is 0. The summed E-state index contributed by atoms with van der Waals surface area (Å²) in [5.41, 5.74) is 0.860. The normalized spacial score (nSPS) is 11.1. The molecule has 0 fully saturated rings. The van der Waals surface area contributed by atoms with E-state index < -0.39 is 30.8 Å². The zero-order valence-electron chi connectivity index (χ0n) is 16.8. The highest BCUT2D eigenvalue weighted by molar-refractivity contribution is 6.41. The van der Waals surface area contributed by atoms with Crippen molar-refractivity contribution < 1.29 is 24.0 Å². The SMILES string of the molecule is CC(C)C.O=C(CC(NC(=O)c1cccnc1)c1ccc(F)cc1)NCB(O)O. The first kappa shape index (κ1) is 24.3. The van der Waals surface area contributed by atoms with Crippen LogP contribution in [0, 0.1) is 11.7 Å². The largest absolute Gasteiger partial charge is 0.472 e. The Morgan fingerprint density at radius 1 is 1.14 bits per heavy atom. The van der Waals surface area contributed by atoms with Crippen LogP contribution in [0.15, 0.2) is 48.8 Å². The maximum atomic E-state index is 13.1. The van der Waals surface area contributed by atoms with Crippen LogP contribution in [0.5, 0.6) is 0 Å². The van der Waals surface area contributed by atoms with Gasteiger partial charge in [0.05, 0.1) is 24.5 Å². The molecule has 0 aliphatic carbocycles. The molecular formula is C20H27BFN3O4. The van der Waals surface area contributed by atoms with E-state index in [9.17, 15) is 14.0 Å². The third-order valence-corrected chi connectivity index (χ3v) is 3.37. The number of nitrogens with zero attached hydrogens (tertiary/aromatic N) is 1. The van der Waals surface area contributed by atoms with Gasteiger partial charge < -0.3 is 20.7 Å². The summed E-state index contributed by atoms with van der Waals surface area (Å²) in [6, 6.07) is 7.87. The first-order valence-electron chi connectivity index (χ1n) is 9.28. The van der Waals surface area contributed by atoms with Gasteiger partial charge in [0, 0.05) is 12.4 Å². The van der Waals surface area contributed by atoms with E-state index in [2.05, 4.69) is 36.4 Å². The minimum atomic E-state index is -1.67. The number of carbonyl (C=O) groups is 2. The molecular weight excluding hydrogens is 376 g/mol. The summed E-state index contributed by atoms with van der Waals surface area (Å²) in [6.45, 7) is 6.50. The smallest absolute Gasteiger partial charge is 0.426 e. The molecule has 1 unspecified atom stereocenters. The van der Waals surface area contributed by atoms with Crippen LogP contribution in [0.25, 0.3) is 0 Å². The monoisotopic (exact) mass is 403 g/mol. The van der Waals surface area contributed by atoms with Crippen LogP contribution >= 0.6 is 0 Å². The van der Waals surface area contributed by atoms with Gasteiger partial charge in [0.15, 0.2) is 0 Å². The molecule has 7 nitrogen and oxygen atoms in total. The number of nitrogens with one attached hydrogen (secondary N) is 2. The molecule has 0 bridgehead atoms. The van der Waals surface area contributed by atoms with Gasteiger partial charge in [-0.25, -0.2) is 4.39 Å². The van der Waals surface area contributed by atoms with Crippen molar-refractivity contribution in [3.05, 3.63) is 65.7 Å². The van der Waals surface area contributed by atoms with E-state index in [1.807, 2.05) is 0 Å². The van der Waals surface area contributed by atoms with Crippen LogP contribution in [-0.4, -0.2) is 40.4 Å². The zero-order valence-corrected chi connectivity index (χ0v) is 16.8. The van der Waals surface area contributed by atoms with Crippen molar-refractivity contribution in [1.82, 2.24) is 15.6 Å². The molecule has 1 aromatic carbocycles. The van der Waals surface area contributed by atoms with Gasteiger partial charge >= 0.3 is 7.12 Å². The third kappa shape index (κ3) is 10.4. The van der Waals surface area contributed by atoms with Gasteiger partial charge in [-0.1, -0.05) is 32.9 Å². The highest BCUT2D eigenvalue weighted by atomic mass is 19.1. The van der Waals surface area contributed by atoms with Crippen molar-refractivity contribution in [2.24, 2.45) is 5.92 Å². The molecule has 4 N–H and O–H groups in total. The summed E-state index contributed by atoms with van der Waals surface area (Å²) < 4.78 is 13.1. The molecule has 2 rings (SSSR count). The second kappa shape index (κ2) is 12.6. The minimum Gasteiger partial charge on any atom is -0.426 e. The minimum absolute atomic E-state index is 0.148. The van der Waals surface area contributed by atoms with E-state index in [-0.39, 0.29) is 12.9 Å². The van der Waals surface area contributed by atoms with E-state index in [0.29, 0.717) is 11.1 Å². The molecule has 1 aromatic heterocycles. The third-order valence-electron chi connectivity index (χ3n) is 3.37. The van der Waals surface area contributed by atoms with Gasteiger partial charge in [0.25, 0.3) is 5.91 Å². The molecule has 0 aliphatic heterocycles. The first-order valence-corrected chi connectivity index (χ1v) is 9.28. The number of carbonyl (C=O) groups excluding carboxylic acids is 2. The highest BCUT2D eigenvalue weighted by Crippen LogP contribution is 2.18. The molecule has 2 aromatic rings. The Kier molecular flexibility index (Phi) is 10.6. The fourth-order valence-corrected chi connectivity index (χ4v) is 2.15. The van der Waals surface area contributed by atoms with E-state index >= 15 is 0 Å². The number of benzene rings is 1. The highest BCUT2D eigenvalue weighted by Gasteiger charge is 2.20. The van der Waals surface area contributed by atoms with Gasteiger partial charge in [-0.15, -0.1) is 0 Å². The predicted octanol–water partition coefficient (Wildman–Crippen LogP) is 1.87. The van der Waals surface area contributed by atoms with Crippen LogP contribution in [-0.2, 0) is 4.79 Å². The van der Waals surface area contributed by atoms with E-state index in [1.165, 1.54) is 36.7 Å². The van der Waals surface area contributed by atoms with Gasteiger partial charge in [0.1, 0.15) is 5.82 Å². The summed E-state index contributed by atoms with van der Waals surface area (Å²) in [7, 11) is -1.67. The molecule has 0 saturated carbocycles. The molecule has 29 heavy (non-hydrogen) atoms. The Morgan fingerprint density at radius 3 is 2.28 bits per heavy atom. The summed E-state index contributed by atoms with van der Waals surface area (Å²) in [4.78, 5) is 28.1. The molecule has 1 heterocycles. The number of pyridine rings is 1. The Morgan fingerprint density at radius 2 is 1.76 bits per heavy atom. The van der Waals surface area contributed by atoms with Crippen molar-refractivity contribution in [2.45, 2.75) is 33.2 Å². The van der Waals surface area contributed by atoms with Crippen molar-refractivity contribution in [3.63, 3.8) is 0 Å². The molecule has 156 valence electrons. The molecule has 1 atom stereocenters. The Balaban J connectivity index is 0.000000960. The lowest BCUT2D eigenvalue weighted by molar-refractivity contribution is -0.121. The van der Waals surface area contributed by atoms with Crippen LogP contribution in [0.1, 0.15) is 49.2 Å². The Bertz CT molecular complexity index is 755. The summed E-state index contributed by atoms with van der Waals surface area (Å²) in [5.74, 6) is -0.528. The first-order chi connectivity index (χ1) is 13.7. The maximum Gasteiger partial charge on any atom is 0.472 e. The van der Waals surface area contributed by atoms with E-state index in [1.54, 1.807) is 12.1 Å². The number of halogens is 1. The second-order valence-corrected chi connectivity index (χ2v) is 7.04. The van der Waals surface area contributed by atoms with Crippen molar-refractivity contribution >= 4 is 18.9 Å². The number of hydrogen-bond donors (Lipinski definition) is 4. The molecule has 0 radical (unpaired) electrons. The number of rotatable bonds is 7. The fraction of sp³-hybridized carbons (Fsp3) is 0.350. The number of amides is 2. The standard InChI is InChI=1S/C16H17BFN3O4.C4H10/c18-13-5-3-11(4-6-13)14(8-15(22)20-10-17(24)25)21-16(23)12-2-1-7-19-9-12;1-4(2)3/h1-7,9,14,24-25H,8,10H2,(H,20,22)(H,21,23);4H,1-3H3. The summed E-state index contributed by atoms with van der Waals surface area (Å²) in [5, 5.41) is 22.6. The van der Waals surface area contributed by atoms with Gasteiger partial charge in [-0.05, 0) is 35.7 Å². The average molecular weight is 403 g/mol. The summed E-state index contributed by atoms with van der Waals surface area (Å²) in [6.07, 6.45) is 2.44. The molecule has 0 spiro atoms. The molecule has 0 aliphatic rings. The van der Waals surface area contributed by atoms with Crippen molar-refractivity contribution in [2.75, 3.05) is 6.44 Å². The lowest BCUT2D eigenvalue weighted by atomic mass is 9.92. The molecule has 0 saturated heterocycles. The van der Waals surface area contributed by atoms with E-state index in [4.69, 9.17) is 10.0 Å². The molecule has 9 heteroatoms. The van der Waals surface area contributed by atoms with Gasteiger partial charge in [-0.2, -0.15) is 0 Å². The van der Waals surface area contributed by atoms with E-state index in [0.717, 1.165) is 5.92 Å². The fourth-order valence-electron chi connectivity index (χ4n) is 2.15. The molecule has 2 amide bonds. The van der Waals surface area contributed by atoms with Crippen LogP contribution in [0.2, 0.25) is 0 Å². The zero-order chi connectivity index (χ0) is 21.8. The average Bonchev–Trinajstić information content (AvgIpc) is 2.66. The van der Waals surface area contributed by atoms with Gasteiger partial charge in [0.2, 0.25) is 5.91 Å². The maximum absolute atomic E-state index is 13.1. The predicted molar refractivity (Wildman–Crippen MR) is 109 cm³/mol. The quantitative estimate of drug-likeness (QED) is 0.528. The second-order valence-electron chi connectivity index (χ2n) is 7.04. The lowest BCUT2D eigenvalue weighted by Crippen LogP contribution is -2.38. The topological polar surface area (TPSA) is 112 Å². The Labute approximate surface area is 170 Å². The van der Waals surface area contributed by atoms with Gasteiger partial charge in [-0.3, -0.25) is 14.6 Å². The van der Waals surface area contributed by atoms with Crippen LogP contribution < -0.4 is 10.6 Å².